The molecule has 1 rings (SSSR count). The SMILES string of the molecule is CCSCCCNC(C)C1CC1. The van der Waals surface area contributed by atoms with Gasteiger partial charge in [-0.2, -0.15) is 11.8 Å². The highest BCUT2D eigenvalue weighted by Crippen LogP contribution is 2.32. The first-order valence-electron chi connectivity index (χ1n) is 5.15. The van der Waals surface area contributed by atoms with Gasteiger partial charge in [-0.1, -0.05) is 6.92 Å². The van der Waals surface area contributed by atoms with Gasteiger partial charge in [0.2, 0.25) is 0 Å². The van der Waals surface area contributed by atoms with Crippen molar-refractivity contribution >= 4 is 11.8 Å². The molecule has 0 bridgehead atoms. The summed E-state index contributed by atoms with van der Waals surface area (Å²) in [4.78, 5) is 0. The maximum absolute atomic E-state index is 3.59. The predicted octanol–water partition coefficient (Wildman–Crippen LogP) is 2.52. The van der Waals surface area contributed by atoms with Crippen molar-refractivity contribution in [2.75, 3.05) is 18.1 Å². The molecular formula is C10H21NS. The van der Waals surface area contributed by atoms with E-state index in [1.807, 2.05) is 11.8 Å². The van der Waals surface area contributed by atoms with E-state index in [2.05, 4.69) is 19.2 Å². The van der Waals surface area contributed by atoms with Crippen LogP contribution in [0.15, 0.2) is 0 Å². The van der Waals surface area contributed by atoms with Crippen LogP contribution in [0.5, 0.6) is 0 Å². The smallest absolute Gasteiger partial charge is 0.00670 e. The molecule has 1 aliphatic carbocycles. The number of hydrogen-bond acceptors (Lipinski definition) is 2. The van der Waals surface area contributed by atoms with Gasteiger partial charge in [0.05, 0.1) is 0 Å². The van der Waals surface area contributed by atoms with Crippen molar-refractivity contribution in [1.29, 1.82) is 0 Å². The van der Waals surface area contributed by atoms with E-state index in [1.165, 1.54) is 37.3 Å². The summed E-state index contributed by atoms with van der Waals surface area (Å²) in [6.45, 7) is 5.76. The largest absolute Gasteiger partial charge is 0.314 e. The summed E-state index contributed by atoms with van der Waals surface area (Å²) in [5, 5.41) is 3.59. The molecule has 0 amide bonds. The second-order valence-electron chi connectivity index (χ2n) is 3.63. The lowest BCUT2D eigenvalue weighted by Gasteiger charge is -2.11. The number of nitrogens with one attached hydrogen (secondary N) is 1. The summed E-state index contributed by atoms with van der Waals surface area (Å²) in [6.07, 6.45) is 4.24. The molecule has 1 fully saturated rings. The van der Waals surface area contributed by atoms with Crippen molar-refractivity contribution in [3.8, 4) is 0 Å². The van der Waals surface area contributed by atoms with Crippen molar-refractivity contribution < 1.29 is 0 Å². The molecule has 2 heteroatoms. The van der Waals surface area contributed by atoms with Crippen LogP contribution in [0, 0.1) is 5.92 Å². The van der Waals surface area contributed by atoms with E-state index in [4.69, 9.17) is 0 Å². The Morgan fingerprint density at radius 1 is 1.50 bits per heavy atom. The number of hydrogen-bond donors (Lipinski definition) is 1. The van der Waals surface area contributed by atoms with Crippen molar-refractivity contribution in [3.63, 3.8) is 0 Å². The highest BCUT2D eigenvalue weighted by molar-refractivity contribution is 7.99. The third kappa shape index (κ3) is 4.36. The van der Waals surface area contributed by atoms with Gasteiger partial charge in [0.25, 0.3) is 0 Å². The normalized spacial score (nSPS) is 19.5. The Labute approximate surface area is 80.7 Å². The maximum atomic E-state index is 3.59. The van der Waals surface area contributed by atoms with E-state index in [0.717, 1.165) is 12.0 Å². The second-order valence-corrected chi connectivity index (χ2v) is 5.02. The fourth-order valence-electron chi connectivity index (χ4n) is 1.41. The van der Waals surface area contributed by atoms with Gasteiger partial charge in [-0.3, -0.25) is 0 Å². The van der Waals surface area contributed by atoms with E-state index in [9.17, 15) is 0 Å². The van der Waals surface area contributed by atoms with Crippen LogP contribution in [0.2, 0.25) is 0 Å². The van der Waals surface area contributed by atoms with Crippen LogP contribution in [-0.4, -0.2) is 24.1 Å². The quantitative estimate of drug-likeness (QED) is 0.615. The van der Waals surface area contributed by atoms with Crippen molar-refractivity contribution in [1.82, 2.24) is 5.32 Å². The first-order chi connectivity index (χ1) is 5.84. The van der Waals surface area contributed by atoms with E-state index in [1.54, 1.807) is 0 Å². The second kappa shape index (κ2) is 5.87. The van der Waals surface area contributed by atoms with Crippen LogP contribution >= 0.6 is 11.8 Å². The number of rotatable bonds is 7. The fraction of sp³-hybridized carbons (Fsp3) is 1.00. The summed E-state index contributed by atoms with van der Waals surface area (Å²) in [5.74, 6) is 3.59. The summed E-state index contributed by atoms with van der Waals surface area (Å²) in [7, 11) is 0. The standard InChI is InChI=1S/C10H21NS/c1-3-12-8-4-7-11-9(2)10-5-6-10/h9-11H,3-8H2,1-2H3. The monoisotopic (exact) mass is 187 g/mol. The molecule has 1 nitrogen and oxygen atoms in total. The molecule has 0 aromatic rings. The zero-order valence-electron chi connectivity index (χ0n) is 8.31. The molecule has 0 heterocycles. The van der Waals surface area contributed by atoms with Crippen LogP contribution in [0.1, 0.15) is 33.1 Å². The Hall–Kier alpha value is 0.310. The molecule has 1 atom stereocenters. The van der Waals surface area contributed by atoms with Gasteiger partial charge < -0.3 is 5.32 Å². The Bertz CT molecular complexity index is 112. The molecule has 0 saturated heterocycles. The molecule has 0 spiro atoms. The van der Waals surface area contributed by atoms with Gasteiger partial charge in [-0.25, -0.2) is 0 Å². The first kappa shape index (κ1) is 10.4. The van der Waals surface area contributed by atoms with E-state index >= 15 is 0 Å². The van der Waals surface area contributed by atoms with Crippen molar-refractivity contribution in [2.24, 2.45) is 5.92 Å². The third-order valence-corrected chi connectivity index (χ3v) is 3.45. The van der Waals surface area contributed by atoms with Crippen LogP contribution in [0.3, 0.4) is 0 Å². The van der Waals surface area contributed by atoms with Gasteiger partial charge in [0, 0.05) is 6.04 Å². The minimum Gasteiger partial charge on any atom is -0.314 e. The zero-order valence-corrected chi connectivity index (χ0v) is 9.12. The van der Waals surface area contributed by atoms with E-state index < -0.39 is 0 Å². The third-order valence-electron chi connectivity index (χ3n) is 2.47. The summed E-state index contributed by atoms with van der Waals surface area (Å²) in [6, 6.07) is 0.775. The molecule has 1 saturated carbocycles. The Morgan fingerprint density at radius 2 is 2.25 bits per heavy atom. The Balaban J connectivity index is 1.81. The summed E-state index contributed by atoms with van der Waals surface area (Å²) >= 11 is 2.04. The van der Waals surface area contributed by atoms with Crippen molar-refractivity contribution in [2.45, 2.75) is 39.2 Å². The van der Waals surface area contributed by atoms with Gasteiger partial charge >= 0.3 is 0 Å². The van der Waals surface area contributed by atoms with Gasteiger partial charge in [0.15, 0.2) is 0 Å². The molecule has 1 aliphatic rings. The molecule has 0 aromatic carbocycles. The van der Waals surface area contributed by atoms with Gasteiger partial charge in [0.1, 0.15) is 0 Å². The average Bonchev–Trinajstić information content (AvgIpc) is 2.86. The molecular weight excluding hydrogens is 166 g/mol. The number of thioether (sulfide) groups is 1. The van der Waals surface area contributed by atoms with Gasteiger partial charge in [-0.15, -0.1) is 0 Å². The van der Waals surface area contributed by atoms with E-state index in [0.29, 0.717) is 0 Å². The summed E-state index contributed by atoms with van der Waals surface area (Å²) in [5.41, 5.74) is 0. The van der Waals surface area contributed by atoms with E-state index in [-0.39, 0.29) is 0 Å². The fourth-order valence-corrected chi connectivity index (χ4v) is 2.05. The highest BCUT2D eigenvalue weighted by Gasteiger charge is 2.26. The Kier molecular flexibility index (Phi) is 5.08. The van der Waals surface area contributed by atoms with Crippen molar-refractivity contribution in [3.05, 3.63) is 0 Å². The van der Waals surface area contributed by atoms with Crippen LogP contribution in [0.4, 0.5) is 0 Å². The first-order valence-corrected chi connectivity index (χ1v) is 6.31. The Morgan fingerprint density at radius 3 is 2.83 bits per heavy atom. The topological polar surface area (TPSA) is 12.0 Å². The van der Waals surface area contributed by atoms with Crippen LogP contribution in [-0.2, 0) is 0 Å². The molecule has 0 radical (unpaired) electrons. The minimum atomic E-state index is 0.775. The molecule has 1 N–H and O–H groups in total. The maximum Gasteiger partial charge on any atom is 0.00670 e. The predicted molar refractivity (Wildman–Crippen MR) is 57.8 cm³/mol. The van der Waals surface area contributed by atoms with Gasteiger partial charge in [-0.05, 0) is 50.2 Å². The molecule has 1 unspecified atom stereocenters. The molecule has 0 aromatic heterocycles. The minimum absolute atomic E-state index is 0.775. The summed E-state index contributed by atoms with van der Waals surface area (Å²) < 4.78 is 0. The average molecular weight is 187 g/mol. The van der Waals surface area contributed by atoms with Crippen LogP contribution in [0.25, 0.3) is 0 Å². The highest BCUT2D eigenvalue weighted by atomic mass is 32.2. The lowest BCUT2D eigenvalue weighted by Crippen LogP contribution is -2.28. The lowest BCUT2D eigenvalue weighted by molar-refractivity contribution is 0.497. The lowest BCUT2D eigenvalue weighted by atomic mass is 10.2. The molecule has 72 valence electrons. The molecule has 12 heavy (non-hydrogen) atoms. The van der Waals surface area contributed by atoms with Crippen LogP contribution < -0.4 is 5.32 Å². The molecule has 0 aliphatic heterocycles. The zero-order chi connectivity index (χ0) is 8.81.